The van der Waals surface area contributed by atoms with Crippen molar-refractivity contribution < 1.29 is 14.0 Å². The highest BCUT2D eigenvalue weighted by molar-refractivity contribution is 9.10. The number of amides is 2. The molecule has 0 bridgehead atoms. The monoisotopic (exact) mass is 364 g/mol. The number of carbonyl (C=O) groups is 2. The van der Waals surface area contributed by atoms with E-state index in [1.807, 2.05) is 6.07 Å². The van der Waals surface area contributed by atoms with Gasteiger partial charge in [0.1, 0.15) is 12.4 Å². The molecule has 22 heavy (non-hydrogen) atoms. The topological polar surface area (TPSA) is 49.4 Å². The van der Waals surface area contributed by atoms with Gasteiger partial charge in [0, 0.05) is 22.8 Å². The molecule has 2 aromatic carbocycles. The lowest BCUT2D eigenvalue weighted by atomic mass is 10.2. The Labute approximate surface area is 136 Å². The van der Waals surface area contributed by atoms with E-state index in [2.05, 4.69) is 21.2 Å². The molecule has 0 atom stereocenters. The SMILES string of the molecule is CC(=O)N(CC(=O)Nc1ccc(F)cc1)c1cccc(Br)c1. The van der Waals surface area contributed by atoms with Crippen LogP contribution in [0.2, 0.25) is 0 Å². The van der Waals surface area contributed by atoms with E-state index in [0.29, 0.717) is 11.4 Å². The highest BCUT2D eigenvalue weighted by atomic mass is 79.9. The number of benzene rings is 2. The van der Waals surface area contributed by atoms with Gasteiger partial charge in [-0.05, 0) is 42.5 Å². The van der Waals surface area contributed by atoms with Crippen LogP contribution in [0, 0.1) is 5.82 Å². The van der Waals surface area contributed by atoms with Crippen LogP contribution in [0.15, 0.2) is 53.0 Å². The third-order valence-electron chi connectivity index (χ3n) is 2.93. The van der Waals surface area contributed by atoms with Gasteiger partial charge in [-0.1, -0.05) is 22.0 Å². The molecule has 0 aromatic heterocycles. The Bertz CT molecular complexity index is 689. The number of hydrogen-bond donors (Lipinski definition) is 1. The summed E-state index contributed by atoms with van der Waals surface area (Å²) < 4.78 is 13.6. The van der Waals surface area contributed by atoms with Gasteiger partial charge in [-0.15, -0.1) is 0 Å². The van der Waals surface area contributed by atoms with Gasteiger partial charge in [0.15, 0.2) is 0 Å². The van der Waals surface area contributed by atoms with Crippen LogP contribution in [-0.2, 0) is 9.59 Å². The lowest BCUT2D eigenvalue weighted by Gasteiger charge is -2.21. The molecule has 0 spiro atoms. The molecule has 114 valence electrons. The first-order valence-electron chi connectivity index (χ1n) is 6.55. The summed E-state index contributed by atoms with van der Waals surface area (Å²) >= 11 is 3.33. The molecule has 0 unspecified atom stereocenters. The van der Waals surface area contributed by atoms with E-state index < -0.39 is 0 Å². The highest BCUT2D eigenvalue weighted by Crippen LogP contribution is 2.20. The van der Waals surface area contributed by atoms with E-state index in [4.69, 9.17) is 0 Å². The van der Waals surface area contributed by atoms with Crippen molar-refractivity contribution in [3.8, 4) is 0 Å². The molecule has 0 saturated heterocycles. The molecule has 0 aliphatic rings. The van der Waals surface area contributed by atoms with Gasteiger partial charge in [-0.2, -0.15) is 0 Å². The summed E-state index contributed by atoms with van der Waals surface area (Å²) in [5.41, 5.74) is 1.10. The molecule has 0 saturated carbocycles. The molecule has 2 rings (SSSR count). The van der Waals surface area contributed by atoms with E-state index >= 15 is 0 Å². The average Bonchev–Trinajstić information content (AvgIpc) is 2.47. The minimum atomic E-state index is -0.377. The molecular formula is C16H14BrFN2O2. The van der Waals surface area contributed by atoms with Gasteiger partial charge < -0.3 is 10.2 Å². The largest absolute Gasteiger partial charge is 0.325 e. The zero-order valence-corrected chi connectivity index (χ0v) is 13.4. The summed E-state index contributed by atoms with van der Waals surface area (Å²) in [7, 11) is 0. The average molecular weight is 365 g/mol. The number of nitrogens with zero attached hydrogens (tertiary/aromatic N) is 1. The van der Waals surface area contributed by atoms with Crippen LogP contribution in [0.1, 0.15) is 6.92 Å². The molecule has 2 aromatic rings. The fraction of sp³-hybridized carbons (Fsp3) is 0.125. The van der Waals surface area contributed by atoms with Gasteiger partial charge in [-0.25, -0.2) is 4.39 Å². The van der Waals surface area contributed by atoms with Crippen LogP contribution in [-0.4, -0.2) is 18.4 Å². The van der Waals surface area contributed by atoms with E-state index in [9.17, 15) is 14.0 Å². The van der Waals surface area contributed by atoms with Gasteiger partial charge in [-0.3, -0.25) is 9.59 Å². The first-order chi connectivity index (χ1) is 10.5. The summed E-state index contributed by atoms with van der Waals surface area (Å²) in [5, 5.41) is 2.63. The third kappa shape index (κ3) is 4.39. The van der Waals surface area contributed by atoms with Crippen molar-refractivity contribution in [3.63, 3.8) is 0 Å². The van der Waals surface area contributed by atoms with E-state index in [0.717, 1.165) is 4.47 Å². The Morgan fingerprint density at radius 1 is 1.18 bits per heavy atom. The summed E-state index contributed by atoms with van der Waals surface area (Å²) in [5.74, 6) is -0.980. The van der Waals surface area contributed by atoms with Crippen LogP contribution in [0.4, 0.5) is 15.8 Å². The maximum absolute atomic E-state index is 12.8. The number of halogens is 2. The number of nitrogens with one attached hydrogen (secondary N) is 1. The molecule has 2 amide bonds. The lowest BCUT2D eigenvalue weighted by molar-refractivity contribution is -0.120. The minimum Gasteiger partial charge on any atom is -0.325 e. The summed E-state index contributed by atoms with van der Waals surface area (Å²) in [6.07, 6.45) is 0. The maximum Gasteiger partial charge on any atom is 0.244 e. The fourth-order valence-corrected chi connectivity index (χ4v) is 2.29. The zero-order valence-electron chi connectivity index (χ0n) is 11.8. The number of rotatable bonds is 4. The predicted molar refractivity (Wildman–Crippen MR) is 87.2 cm³/mol. The number of anilines is 2. The summed E-state index contributed by atoms with van der Waals surface area (Å²) in [6.45, 7) is 1.27. The van der Waals surface area contributed by atoms with Gasteiger partial charge in [0.25, 0.3) is 0 Å². The van der Waals surface area contributed by atoms with Crippen LogP contribution in [0.25, 0.3) is 0 Å². The lowest BCUT2D eigenvalue weighted by Crippen LogP contribution is -2.36. The molecule has 0 aliphatic heterocycles. The smallest absolute Gasteiger partial charge is 0.244 e. The molecular weight excluding hydrogens is 351 g/mol. The number of carbonyl (C=O) groups excluding carboxylic acids is 2. The summed E-state index contributed by atoms with van der Waals surface area (Å²) in [4.78, 5) is 25.2. The molecule has 0 heterocycles. The fourth-order valence-electron chi connectivity index (χ4n) is 1.91. The quantitative estimate of drug-likeness (QED) is 0.901. The van der Waals surface area contributed by atoms with Crippen LogP contribution in [0.3, 0.4) is 0 Å². The molecule has 0 fully saturated rings. The Morgan fingerprint density at radius 3 is 2.45 bits per heavy atom. The highest BCUT2D eigenvalue weighted by Gasteiger charge is 2.16. The van der Waals surface area contributed by atoms with Crippen LogP contribution < -0.4 is 10.2 Å². The second-order valence-electron chi connectivity index (χ2n) is 4.64. The molecule has 1 N–H and O–H groups in total. The first kappa shape index (κ1) is 16.2. The van der Waals surface area contributed by atoms with Crippen LogP contribution >= 0.6 is 15.9 Å². The predicted octanol–water partition coefficient (Wildman–Crippen LogP) is 3.58. The molecule has 4 nitrogen and oxygen atoms in total. The van der Waals surface area contributed by atoms with E-state index in [1.54, 1.807) is 18.2 Å². The third-order valence-corrected chi connectivity index (χ3v) is 3.42. The Kier molecular flexibility index (Phi) is 5.27. The zero-order chi connectivity index (χ0) is 16.1. The van der Waals surface area contributed by atoms with Gasteiger partial charge >= 0.3 is 0 Å². The first-order valence-corrected chi connectivity index (χ1v) is 7.34. The minimum absolute atomic E-state index is 0.122. The maximum atomic E-state index is 12.8. The normalized spacial score (nSPS) is 10.1. The van der Waals surface area contributed by atoms with Crippen molar-refractivity contribution in [3.05, 3.63) is 58.8 Å². The van der Waals surface area contributed by atoms with Crippen molar-refractivity contribution in [2.24, 2.45) is 0 Å². The standard InChI is InChI=1S/C16H14BrFN2O2/c1-11(21)20(15-4-2-3-12(17)9-15)10-16(22)19-14-7-5-13(18)6-8-14/h2-9H,10H2,1H3,(H,19,22). The van der Waals surface area contributed by atoms with Crippen molar-refractivity contribution in [1.29, 1.82) is 0 Å². The number of hydrogen-bond acceptors (Lipinski definition) is 2. The Balaban J connectivity index is 2.09. The molecule has 6 heteroatoms. The second-order valence-corrected chi connectivity index (χ2v) is 5.56. The second kappa shape index (κ2) is 7.17. The van der Waals surface area contributed by atoms with Crippen LogP contribution in [0.5, 0.6) is 0 Å². The van der Waals surface area contributed by atoms with Gasteiger partial charge in [0.05, 0.1) is 0 Å². The van der Waals surface area contributed by atoms with Crippen molar-refractivity contribution in [1.82, 2.24) is 0 Å². The Morgan fingerprint density at radius 2 is 1.86 bits per heavy atom. The van der Waals surface area contributed by atoms with Crippen molar-refractivity contribution in [2.45, 2.75) is 6.92 Å². The summed E-state index contributed by atoms with van der Waals surface area (Å²) in [6, 6.07) is 12.6. The van der Waals surface area contributed by atoms with Crippen molar-refractivity contribution >= 4 is 39.1 Å². The molecule has 0 aliphatic carbocycles. The van der Waals surface area contributed by atoms with E-state index in [-0.39, 0.29) is 24.2 Å². The van der Waals surface area contributed by atoms with Gasteiger partial charge in [0.2, 0.25) is 11.8 Å². The molecule has 0 radical (unpaired) electrons. The van der Waals surface area contributed by atoms with E-state index in [1.165, 1.54) is 36.1 Å². The van der Waals surface area contributed by atoms with Crippen molar-refractivity contribution in [2.75, 3.05) is 16.8 Å². The Hall–Kier alpha value is -2.21.